The van der Waals surface area contributed by atoms with E-state index in [0.29, 0.717) is 27.0 Å². The fourth-order valence-corrected chi connectivity index (χ4v) is 2.54. The fraction of sp³-hybridized carbons (Fsp3) is 0.167. The van der Waals surface area contributed by atoms with Crippen LogP contribution in [-0.2, 0) is 14.3 Å². The molecule has 1 N–H and O–H groups in total. The van der Waals surface area contributed by atoms with Gasteiger partial charge >= 0.3 is 5.97 Å². The second-order valence-electron chi connectivity index (χ2n) is 5.32. The minimum absolute atomic E-state index is 0.226. The predicted octanol–water partition coefficient (Wildman–Crippen LogP) is 3.77. The number of hydrogen-bond donors (Lipinski definition) is 1. The Morgan fingerprint density at radius 1 is 1.08 bits per heavy atom. The molecule has 0 radical (unpaired) electrons. The maximum Gasteiger partial charge on any atom is 0.337 e. The van der Waals surface area contributed by atoms with Crippen LogP contribution in [0.25, 0.3) is 0 Å². The van der Waals surface area contributed by atoms with Gasteiger partial charge in [-0.2, -0.15) is 0 Å². The highest BCUT2D eigenvalue weighted by atomic mass is 35.5. The number of esters is 1. The summed E-state index contributed by atoms with van der Waals surface area (Å²) in [6.45, 7) is 1.11. The van der Waals surface area contributed by atoms with Crippen LogP contribution in [0.4, 0.5) is 11.4 Å². The number of rotatable bonds is 5. The van der Waals surface area contributed by atoms with Gasteiger partial charge in [0.2, 0.25) is 11.8 Å². The highest BCUT2D eigenvalue weighted by molar-refractivity contribution is 6.35. The van der Waals surface area contributed by atoms with Gasteiger partial charge in [-0.1, -0.05) is 23.2 Å². The van der Waals surface area contributed by atoms with Crippen molar-refractivity contribution in [1.82, 2.24) is 0 Å². The summed E-state index contributed by atoms with van der Waals surface area (Å²) in [6, 6.07) is 10.8. The lowest BCUT2D eigenvalue weighted by Crippen LogP contribution is -2.36. The number of anilines is 2. The second-order valence-corrected chi connectivity index (χ2v) is 6.16. The van der Waals surface area contributed by atoms with E-state index in [1.54, 1.807) is 24.3 Å². The summed E-state index contributed by atoms with van der Waals surface area (Å²) in [5, 5.41) is 3.38. The molecule has 26 heavy (non-hydrogen) atoms. The van der Waals surface area contributed by atoms with Crippen LogP contribution < -0.4 is 10.2 Å². The van der Waals surface area contributed by atoms with Crippen molar-refractivity contribution in [3.8, 4) is 0 Å². The largest absolute Gasteiger partial charge is 0.465 e. The van der Waals surface area contributed by atoms with Gasteiger partial charge in [0.15, 0.2) is 0 Å². The van der Waals surface area contributed by atoms with Gasteiger partial charge < -0.3 is 15.0 Å². The highest BCUT2D eigenvalue weighted by Crippen LogP contribution is 2.25. The average Bonchev–Trinajstić information content (AvgIpc) is 2.62. The van der Waals surface area contributed by atoms with Crippen molar-refractivity contribution in [3.05, 3.63) is 58.1 Å². The molecule has 0 aliphatic rings. The van der Waals surface area contributed by atoms with Crippen LogP contribution >= 0.6 is 23.2 Å². The Balaban J connectivity index is 2.15. The number of benzene rings is 2. The molecule has 0 fully saturated rings. The Morgan fingerprint density at radius 2 is 1.73 bits per heavy atom. The molecular formula is C18H16Cl2N2O4. The van der Waals surface area contributed by atoms with Crippen LogP contribution in [-0.4, -0.2) is 31.4 Å². The minimum atomic E-state index is -0.487. The lowest BCUT2D eigenvalue weighted by atomic mass is 10.2. The number of carbonyl (C=O) groups excluding carboxylic acids is 3. The number of hydrogen-bond acceptors (Lipinski definition) is 4. The van der Waals surface area contributed by atoms with Gasteiger partial charge in [0, 0.05) is 17.6 Å². The van der Waals surface area contributed by atoms with E-state index in [0.717, 1.165) is 0 Å². The smallest absolute Gasteiger partial charge is 0.337 e. The minimum Gasteiger partial charge on any atom is -0.465 e. The molecular weight excluding hydrogens is 379 g/mol. The maximum atomic E-state index is 12.3. The molecule has 0 saturated carbocycles. The topological polar surface area (TPSA) is 75.7 Å². The van der Waals surface area contributed by atoms with E-state index in [2.05, 4.69) is 10.1 Å². The van der Waals surface area contributed by atoms with Crippen molar-refractivity contribution < 1.29 is 19.1 Å². The molecule has 136 valence electrons. The second kappa shape index (κ2) is 8.69. The van der Waals surface area contributed by atoms with E-state index in [9.17, 15) is 14.4 Å². The lowest BCUT2D eigenvalue weighted by molar-refractivity contribution is -0.120. The molecule has 0 aromatic heterocycles. The van der Waals surface area contributed by atoms with Crippen LogP contribution in [0.5, 0.6) is 0 Å². The van der Waals surface area contributed by atoms with Gasteiger partial charge in [-0.25, -0.2) is 4.79 Å². The molecule has 8 heteroatoms. The number of halogens is 2. The number of amides is 2. The third-order valence-electron chi connectivity index (χ3n) is 3.48. The molecule has 0 aliphatic heterocycles. The van der Waals surface area contributed by atoms with E-state index < -0.39 is 11.9 Å². The first-order chi connectivity index (χ1) is 12.3. The Bertz CT molecular complexity index is 838. The summed E-state index contributed by atoms with van der Waals surface area (Å²) in [6.07, 6.45) is 0. The van der Waals surface area contributed by atoms with Crippen molar-refractivity contribution in [1.29, 1.82) is 0 Å². The SMILES string of the molecule is COC(=O)c1ccc(N(CC(=O)Nc2cc(Cl)ccc2Cl)C(C)=O)cc1. The molecule has 2 amide bonds. The number of nitrogens with one attached hydrogen (secondary N) is 1. The van der Waals surface area contributed by atoms with Gasteiger partial charge in [0.05, 0.1) is 23.4 Å². The standard InChI is InChI=1S/C18H16Cl2N2O4/c1-11(23)22(14-6-3-12(4-7-14)18(25)26-2)10-17(24)21-16-9-13(19)5-8-15(16)20/h3-9H,10H2,1-2H3,(H,21,24). The Hall–Kier alpha value is -2.57. The van der Waals surface area contributed by atoms with Crippen molar-refractivity contribution in [2.75, 3.05) is 23.9 Å². The number of nitrogens with zero attached hydrogens (tertiary/aromatic N) is 1. The first-order valence-corrected chi connectivity index (χ1v) is 8.29. The summed E-state index contributed by atoms with van der Waals surface area (Å²) in [5.74, 6) is -1.26. The van der Waals surface area contributed by atoms with Gasteiger partial charge in [-0.3, -0.25) is 9.59 Å². The molecule has 0 bridgehead atoms. The average molecular weight is 395 g/mol. The molecule has 2 rings (SSSR count). The van der Waals surface area contributed by atoms with Crippen LogP contribution in [0, 0.1) is 0 Å². The van der Waals surface area contributed by atoms with Crippen LogP contribution in [0.2, 0.25) is 10.0 Å². The highest BCUT2D eigenvalue weighted by Gasteiger charge is 2.17. The summed E-state index contributed by atoms with van der Waals surface area (Å²) >= 11 is 11.9. The third kappa shape index (κ3) is 4.97. The fourth-order valence-electron chi connectivity index (χ4n) is 2.21. The monoisotopic (exact) mass is 394 g/mol. The summed E-state index contributed by atoms with van der Waals surface area (Å²) in [7, 11) is 1.28. The zero-order valence-electron chi connectivity index (χ0n) is 14.1. The maximum absolute atomic E-state index is 12.3. The van der Waals surface area contributed by atoms with Gasteiger partial charge in [-0.05, 0) is 42.5 Å². The Morgan fingerprint density at radius 3 is 2.31 bits per heavy atom. The molecule has 2 aromatic rings. The molecule has 0 saturated heterocycles. The van der Waals surface area contributed by atoms with Crippen LogP contribution in [0.15, 0.2) is 42.5 Å². The molecule has 0 heterocycles. The lowest BCUT2D eigenvalue weighted by Gasteiger charge is -2.21. The van der Waals surface area contributed by atoms with E-state index >= 15 is 0 Å². The van der Waals surface area contributed by atoms with Gasteiger partial charge in [0.25, 0.3) is 0 Å². The first kappa shape index (κ1) is 19.8. The number of methoxy groups -OCH3 is 1. The zero-order chi connectivity index (χ0) is 19.3. The summed E-state index contributed by atoms with van der Waals surface area (Å²) < 4.78 is 4.63. The zero-order valence-corrected chi connectivity index (χ0v) is 15.6. The van der Waals surface area contributed by atoms with Crippen LogP contribution in [0.3, 0.4) is 0 Å². The molecule has 2 aromatic carbocycles. The van der Waals surface area contributed by atoms with Crippen molar-refractivity contribution in [2.24, 2.45) is 0 Å². The molecule has 0 unspecified atom stereocenters. The van der Waals surface area contributed by atoms with E-state index in [-0.39, 0.29) is 12.5 Å². The molecule has 0 atom stereocenters. The third-order valence-corrected chi connectivity index (χ3v) is 4.05. The van der Waals surface area contributed by atoms with E-state index in [4.69, 9.17) is 23.2 Å². The van der Waals surface area contributed by atoms with Crippen molar-refractivity contribution in [3.63, 3.8) is 0 Å². The van der Waals surface area contributed by atoms with Crippen molar-refractivity contribution >= 4 is 52.4 Å². The molecule has 6 nitrogen and oxygen atoms in total. The Kier molecular flexibility index (Phi) is 6.60. The quantitative estimate of drug-likeness (QED) is 0.782. The number of carbonyl (C=O) groups is 3. The summed E-state index contributed by atoms with van der Waals surface area (Å²) in [4.78, 5) is 37.0. The van der Waals surface area contributed by atoms with Gasteiger partial charge in [0.1, 0.15) is 6.54 Å². The molecule has 0 spiro atoms. The summed E-state index contributed by atoms with van der Waals surface area (Å²) in [5.41, 5.74) is 1.17. The van der Waals surface area contributed by atoms with E-state index in [1.807, 2.05) is 0 Å². The van der Waals surface area contributed by atoms with Crippen LogP contribution in [0.1, 0.15) is 17.3 Å². The Labute approximate surface area is 160 Å². The molecule has 0 aliphatic carbocycles. The van der Waals surface area contributed by atoms with Crippen molar-refractivity contribution in [2.45, 2.75) is 6.92 Å². The van der Waals surface area contributed by atoms with E-state index in [1.165, 1.54) is 37.1 Å². The predicted molar refractivity (Wildman–Crippen MR) is 101 cm³/mol. The van der Waals surface area contributed by atoms with Gasteiger partial charge in [-0.15, -0.1) is 0 Å². The first-order valence-electron chi connectivity index (χ1n) is 7.53. The number of ether oxygens (including phenoxy) is 1. The normalized spacial score (nSPS) is 10.2.